The monoisotopic (exact) mass is 294 g/mol. The summed E-state index contributed by atoms with van der Waals surface area (Å²) in [4.78, 5) is 26.0. The smallest absolute Gasteiger partial charge is 0.233 e. The first-order valence-corrected chi connectivity index (χ1v) is 7.83. The van der Waals surface area contributed by atoms with Crippen molar-refractivity contribution in [2.75, 3.05) is 11.9 Å². The highest BCUT2D eigenvalue weighted by molar-refractivity contribution is 7.15. The molecule has 1 aliphatic heterocycles. The molecule has 2 amide bonds. The molecule has 2 unspecified atom stereocenters. The van der Waals surface area contributed by atoms with Gasteiger partial charge in [-0.1, -0.05) is 18.3 Å². The van der Waals surface area contributed by atoms with Crippen molar-refractivity contribution < 1.29 is 9.59 Å². The summed E-state index contributed by atoms with van der Waals surface area (Å²) in [5.74, 6) is 0.230. The number of carbonyl (C=O) groups excluding carboxylic acids is 2. The van der Waals surface area contributed by atoms with Gasteiger partial charge < -0.3 is 5.32 Å². The third-order valence-electron chi connectivity index (χ3n) is 4.05. The first kappa shape index (κ1) is 13.5. The molecule has 1 aliphatic carbocycles. The number of hydrogen-bond acceptors (Lipinski definition) is 6. The fourth-order valence-electron chi connectivity index (χ4n) is 3.18. The molecule has 1 aromatic rings. The number of fused-ring (bicyclic) bond motifs is 1. The van der Waals surface area contributed by atoms with Gasteiger partial charge >= 0.3 is 0 Å². The molecule has 2 heterocycles. The Labute approximate surface area is 121 Å². The van der Waals surface area contributed by atoms with Crippen LogP contribution in [0.1, 0.15) is 31.7 Å². The van der Waals surface area contributed by atoms with E-state index in [1.165, 1.54) is 16.2 Å². The highest BCUT2D eigenvalue weighted by Crippen LogP contribution is 2.43. The van der Waals surface area contributed by atoms with E-state index in [0.29, 0.717) is 10.9 Å². The third-order valence-corrected chi connectivity index (χ3v) is 4.92. The van der Waals surface area contributed by atoms with Crippen molar-refractivity contribution in [2.45, 2.75) is 33.2 Å². The van der Waals surface area contributed by atoms with Gasteiger partial charge in [0.05, 0.1) is 18.4 Å². The lowest BCUT2D eigenvalue weighted by atomic mass is 10.00. The lowest BCUT2D eigenvalue weighted by molar-refractivity contribution is -0.141. The molecule has 3 rings (SSSR count). The second kappa shape index (κ2) is 5.12. The van der Waals surface area contributed by atoms with E-state index in [4.69, 9.17) is 0 Å². The summed E-state index contributed by atoms with van der Waals surface area (Å²) in [6.45, 7) is 5.13. The molecule has 6 nitrogen and oxygen atoms in total. The normalized spacial score (nSPS) is 29.1. The minimum Gasteiger partial charge on any atom is -0.360 e. The van der Waals surface area contributed by atoms with Crippen LogP contribution in [-0.4, -0.2) is 33.5 Å². The molecule has 0 radical (unpaired) electrons. The Morgan fingerprint density at radius 2 is 1.90 bits per heavy atom. The summed E-state index contributed by atoms with van der Waals surface area (Å²) in [6, 6.07) is 0. The molecule has 1 saturated carbocycles. The molecule has 7 heteroatoms. The van der Waals surface area contributed by atoms with E-state index < -0.39 is 0 Å². The number of hydrogen-bond donors (Lipinski definition) is 1. The Kier molecular flexibility index (Phi) is 3.45. The second-order valence-corrected chi connectivity index (χ2v) is 6.65. The van der Waals surface area contributed by atoms with Crippen LogP contribution in [0.15, 0.2) is 0 Å². The minimum absolute atomic E-state index is 0.0236. The zero-order chi connectivity index (χ0) is 14.3. The van der Waals surface area contributed by atoms with Gasteiger partial charge in [-0.25, -0.2) is 0 Å². The molecule has 1 aromatic heterocycles. The summed E-state index contributed by atoms with van der Waals surface area (Å²) in [7, 11) is 0. The zero-order valence-corrected chi connectivity index (χ0v) is 12.4. The number of rotatable bonds is 4. The minimum atomic E-state index is -0.0985. The number of nitrogens with zero attached hydrogens (tertiary/aromatic N) is 3. The number of likely N-dealkylation sites (tertiary alicyclic amines) is 1. The van der Waals surface area contributed by atoms with Crippen LogP contribution in [0.4, 0.5) is 5.13 Å². The first-order valence-electron chi connectivity index (χ1n) is 7.01. The predicted octanol–water partition coefficient (Wildman–Crippen LogP) is 1.50. The summed E-state index contributed by atoms with van der Waals surface area (Å²) < 4.78 is 0. The molecule has 20 heavy (non-hydrogen) atoms. The van der Waals surface area contributed by atoms with Crippen molar-refractivity contribution >= 4 is 28.3 Å². The molecular weight excluding hydrogens is 276 g/mol. The molecule has 1 N–H and O–H groups in total. The molecule has 108 valence electrons. The molecule has 1 saturated heterocycles. The average molecular weight is 294 g/mol. The van der Waals surface area contributed by atoms with Crippen molar-refractivity contribution in [1.82, 2.24) is 15.1 Å². The van der Waals surface area contributed by atoms with Gasteiger partial charge in [0.25, 0.3) is 0 Å². The Balaban J connectivity index is 1.71. The van der Waals surface area contributed by atoms with Crippen LogP contribution in [0.5, 0.6) is 0 Å². The van der Waals surface area contributed by atoms with Gasteiger partial charge in [-0.15, -0.1) is 10.2 Å². The van der Waals surface area contributed by atoms with Gasteiger partial charge in [-0.2, -0.15) is 0 Å². The van der Waals surface area contributed by atoms with Crippen LogP contribution in [0.3, 0.4) is 0 Å². The predicted molar refractivity (Wildman–Crippen MR) is 75.0 cm³/mol. The molecule has 2 fully saturated rings. The first-order chi connectivity index (χ1) is 9.60. The second-order valence-electron chi connectivity index (χ2n) is 5.58. The SMILES string of the molecule is CCNc1nnc(CN2C(=O)C3CC(C)CC3C2=O)s1. The quantitative estimate of drug-likeness (QED) is 0.852. The van der Waals surface area contributed by atoms with Crippen molar-refractivity contribution in [3.63, 3.8) is 0 Å². The van der Waals surface area contributed by atoms with Crippen molar-refractivity contribution in [3.8, 4) is 0 Å². The number of nitrogens with one attached hydrogen (secondary N) is 1. The highest BCUT2D eigenvalue weighted by Gasteiger charge is 2.51. The summed E-state index contributed by atoms with van der Waals surface area (Å²) >= 11 is 1.40. The van der Waals surface area contributed by atoms with E-state index in [0.717, 1.165) is 24.5 Å². The Bertz CT molecular complexity index is 520. The maximum Gasteiger partial charge on any atom is 0.233 e. The van der Waals surface area contributed by atoms with E-state index in [2.05, 4.69) is 22.4 Å². The molecule has 0 bridgehead atoms. The summed E-state index contributed by atoms with van der Waals surface area (Å²) in [5, 5.41) is 12.5. The van der Waals surface area contributed by atoms with E-state index >= 15 is 0 Å². The fourth-order valence-corrected chi connectivity index (χ4v) is 3.97. The Morgan fingerprint density at radius 3 is 2.50 bits per heavy atom. The van der Waals surface area contributed by atoms with Gasteiger partial charge in [0, 0.05) is 6.54 Å². The number of imide groups is 1. The van der Waals surface area contributed by atoms with Crippen LogP contribution in [0.25, 0.3) is 0 Å². The molecule has 0 aromatic carbocycles. The van der Waals surface area contributed by atoms with Crippen LogP contribution in [0, 0.1) is 17.8 Å². The molecular formula is C13H18N4O2S. The van der Waals surface area contributed by atoms with Crippen LogP contribution in [0.2, 0.25) is 0 Å². The summed E-state index contributed by atoms with van der Waals surface area (Å²) in [5.41, 5.74) is 0. The zero-order valence-electron chi connectivity index (χ0n) is 11.6. The lowest BCUT2D eigenvalue weighted by Crippen LogP contribution is -2.31. The maximum absolute atomic E-state index is 12.3. The van der Waals surface area contributed by atoms with Crippen LogP contribution < -0.4 is 5.32 Å². The van der Waals surface area contributed by atoms with E-state index in [9.17, 15) is 9.59 Å². The maximum atomic E-state index is 12.3. The fraction of sp³-hybridized carbons (Fsp3) is 0.692. The third kappa shape index (κ3) is 2.19. The highest BCUT2D eigenvalue weighted by atomic mass is 32.1. The number of amides is 2. The molecule has 0 spiro atoms. The number of anilines is 1. The van der Waals surface area contributed by atoms with Crippen molar-refractivity contribution in [1.29, 1.82) is 0 Å². The van der Waals surface area contributed by atoms with Crippen LogP contribution >= 0.6 is 11.3 Å². The van der Waals surface area contributed by atoms with Crippen LogP contribution in [-0.2, 0) is 16.1 Å². The summed E-state index contributed by atoms with van der Waals surface area (Å²) in [6.07, 6.45) is 1.68. The van der Waals surface area contributed by atoms with Gasteiger partial charge in [-0.05, 0) is 25.7 Å². The van der Waals surface area contributed by atoms with Gasteiger partial charge in [-0.3, -0.25) is 14.5 Å². The number of carbonyl (C=O) groups is 2. The topological polar surface area (TPSA) is 75.2 Å². The number of aromatic nitrogens is 2. The largest absolute Gasteiger partial charge is 0.360 e. The Hall–Kier alpha value is -1.50. The van der Waals surface area contributed by atoms with E-state index in [1.807, 2.05) is 6.92 Å². The van der Waals surface area contributed by atoms with Gasteiger partial charge in [0.2, 0.25) is 16.9 Å². The van der Waals surface area contributed by atoms with Crippen molar-refractivity contribution in [2.24, 2.45) is 17.8 Å². The van der Waals surface area contributed by atoms with E-state index in [-0.39, 0.29) is 30.2 Å². The van der Waals surface area contributed by atoms with Gasteiger partial charge in [0.15, 0.2) is 0 Å². The average Bonchev–Trinajstić information content (AvgIpc) is 3.06. The molecule has 2 aliphatic rings. The standard InChI is InChI=1S/C13H18N4O2S/c1-3-14-13-16-15-10(20-13)6-17-11(18)8-4-7(2)5-9(8)12(17)19/h7-9H,3-6H2,1-2H3,(H,14,16). The molecule has 2 atom stereocenters. The lowest BCUT2D eigenvalue weighted by Gasteiger charge is -2.14. The van der Waals surface area contributed by atoms with E-state index in [1.54, 1.807) is 0 Å². The Morgan fingerprint density at radius 1 is 1.25 bits per heavy atom. The van der Waals surface area contributed by atoms with Crippen molar-refractivity contribution in [3.05, 3.63) is 5.01 Å². The van der Waals surface area contributed by atoms with Gasteiger partial charge in [0.1, 0.15) is 5.01 Å².